The molecule has 0 amide bonds. The third-order valence-electron chi connectivity index (χ3n) is 3.56. The minimum atomic E-state index is 0.474. The lowest BCUT2D eigenvalue weighted by Crippen LogP contribution is -2.38. The van der Waals surface area contributed by atoms with Crippen molar-refractivity contribution in [1.29, 1.82) is 0 Å². The van der Waals surface area contributed by atoms with Gasteiger partial charge in [0, 0.05) is 17.8 Å². The standard InChI is InChI=1S/C14H22N2/c1-9-6-11(3)16-14(7-9)13-8-12(15)5-4-10(13)2/h4-5,8-9,11,14,16H,6-7,15H2,1-3H3. The molecule has 1 aromatic rings. The lowest BCUT2D eigenvalue weighted by molar-refractivity contribution is 0.269. The number of nitrogens with two attached hydrogens (primary N) is 1. The predicted octanol–water partition coefficient (Wildman–Crippen LogP) is 3.03. The molecule has 1 aromatic carbocycles. The quantitative estimate of drug-likeness (QED) is 0.711. The van der Waals surface area contributed by atoms with Crippen LogP contribution in [0.5, 0.6) is 0 Å². The summed E-state index contributed by atoms with van der Waals surface area (Å²) in [5.74, 6) is 0.794. The molecular weight excluding hydrogens is 196 g/mol. The SMILES string of the molecule is Cc1ccc(N)cc1C1CC(C)CC(C)N1. The summed E-state index contributed by atoms with van der Waals surface area (Å²) in [4.78, 5) is 0. The van der Waals surface area contributed by atoms with Gasteiger partial charge in [0.25, 0.3) is 0 Å². The smallest absolute Gasteiger partial charge is 0.0328 e. The largest absolute Gasteiger partial charge is 0.399 e. The molecular formula is C14H22N2. The number of anilines is 1. The summed E-state index contributed by atoms with van der Waals surface area (Å²) in [7, 11) is 0. The van der Waals surface area contributed by atoms with E-state index in [0.29, 0.717) is 12.1 Å². The summed E-state index contributed by atoms with van der Waals surface area (Å²) >= 11 is 0. The second kappa shape index (κ2) is 4.46. The number of hydrogen-bond donors (Lipinski definition) is 2. The molecule has 0 saturated carbocycles. The zero-order valence-electron chi connectivity index (χ0n) is 10.5. The second-order valence-corrected chi connectivity index (χ2v) is 5.31. The summed E-state index contributed by atoms with van der Waals surface area (Å²) < 4.78 is 0. The van der Waals surface area contributed by atoms with Crippen molar-refractivity contribution in [2.75, 3.05) is 5.73 Å². The van der Waals surface area contributed by atoms with Gasteiger partial charge < -0.3 is 11.1 Å². The van der Waals surface area contributed by atoms with Crippen LogP contribution in [-0.2, 0) is 0 Å². The maximum atomic E-state index is 5.88. The summed E-state index contributed by atoms with van der Waals surface area (Å²) in [6, 6.07) is 7.31. The van der Waals surface area contributed by atoms with Crippen molar-refractivity contribution in [2.45, 2.75) is 45.7 Å². The fourth-order valence-electron chi connectivity index (χ4n) is 2.83. The van der Waals surface area contributed by atoms with Gasteiger partial charge in [-0.25, -0.2) is 0 Å². The molecule has 2 rings (SSSR count). The molecule has 0 radical (unpaired) electrons. The predicted molar refractivity (Wildman–Crippen MR) is 69.3 cm³/mol. The van der Waals surface area contributed by atoms with E-state index in [4.69, 9.17) is 5.73 Å². The Labute approximate surface area is 98.2 Å². The first-order valence-electron chi connectivity index (χ1n) is 6.18. The lowest BCUT2D eigenvalue weighted by atomic mass is 9.85. The number of benzene rings is 1. The van der Waals surface area contributed by atoms with E-state index in [9.17, 15) is 0 Å². The molecule has 2 heteroatoms. The minimum absolute atomic E-state index is 0.474. The molecule has 2 nitrogen and oxygen atoms in total. The molecule has 1 heterocycles. The van der Waals surface area contributed by atoms with Crippen molar-refractivity contribution >= 4 is 5.69 Å². The molecule has 0 aliphatic carbocycles. The number of hydrogen-bond acceptors (Lipinski definition) is 2. The third kappa shape index (κ3) is 2.38. The van der Waals surface area contributed by atoms with E-state index in [2.05, 4.69) is 38.2 Å². The number of nitrogens with one attached hydrogen (secondary N) is 1. The van der Waals surface area contributed by atoms with Gasteiger partial charge >= 0.3 is 0 Å². The van der Waals surface area contributed by atoms with E-state index in [-0.39, 0.29) is 0 Å². The Hall–Kier alpha value is -1.02. The van der Waals surface area contributed by atoms with Gasteiger partial charge in [-0.05, 0) is 55.9 Å². The molecule has 0 bridgehead atoms. The van der Waals surface area contributed by atoms with Gasteiger partial charge in [-0.1, -0.05) is 13.0 Å². The highest BCUT2D eigenvalue weighted by Crippen LogP contribution is 2.31. The summed E-state index contributed by atoms with van der Waals surface area (Å²) in [6.45, 7) is 6.77. The van der Waals surface area contributed by atoms with Gasteiger partial charge in [-0.2, -0.15) is 0 Å². The summed E-state index contributed by atoms with van der Waals surface area (Å²) in [5.41, 5.74) is 9.46. The first kappa shape index (κ1) is 11.5. The normalized spacial score (nSPS) is 30.3. The molecule has 16 heavy (non-hydrogen) atoms. The Morgan fingerprint density at radius 2 is 2.00 bits per heavy atom. The number of nitrogen functional groups attached to an aromatic ring is 1. The van der Waals surface area contributed by atoms with E-state index < -0.39 is 0 Å². The first-order valence-corrected chi connectivity index (χ1v) is 6.18. The van der Waals surface area contributed by atoms with Crippen molar-refractivity contribution < 1.29 is 0 Å². The molecule has 1 fully saturated rings. The molecule has 1 aliphatic heterocycles. The fraction of sp³-hybridized carbons (Fsp3) is 0.571. The topological polar surface area (TPSA) is 38.0 Å². The van der Waals surface area contributed by atoms with Crippen molar-refractivity contribution in [3.8, 4) is 0 Å². The number of rotatable bonds is 1. The molecule has 1 saturated heterocycles. The highest BCUT2D eigenvalue weighted by molar-refractivity contribution is 5.45. The molecule has 0 aromatic heterocycles. The summed E-state index contributed by atoms with van der Waals surface area (Å²) in [6.07, 6.45) is 2.49. The third-order valence-corrected chi connectivity index (χ3v) is 3.56. The first-order chi connectivity index (χ1) is 7.56. The number of piperidine rings is 1. The van der Waals surface area contributed by atoms with E-state index in [1.165, 1.54) is 24.0 Å². The Morgan fingerprint density at radius 3 is 2.69 bits per heavy atom. The molecule has 0 spiro atoms. The zero-order chi connectivity index (χ0) is 11.7. The van der Waals surface area contributed by atoms with Crippen LogP contribution in [0.4, 0.5) is 5.69 Å². The monoisotopic (exact) mass is 218 g/mol. The Morgan fingerprint density at radius 1 is 1.25 bits per heavy atom. The van der Waals surface area contributed by atoms with E-state index in [0.717, 1.165) is 11.6 Å². The van der Waals surface area contributed by atoms with Crippen LogP contribution in [-0.4, -0.2) is 6.04 Å². The van der Waals surface area contributed by atoms with Gasteiger partial charge in [-0.3, -0.25) is 0 Å². The zero-order valence-corrected chi connectivity index (χ0v) is 10.5. The Kier molecular flexibility index (Phi) is 3.20. The summed E-state index contributed by atoms with van der Waals surface area (Å²) in [5, 5.41) is 3.68. The van der Waals surface area contributed by atoms with Crippen LogP contribution in [0.3, 0.4) is 0 Å². The van der Waals surface area contributed by atoms with Gasteiger partial charge in [0.05, 0.1) is 0 Å². The molecule has 88 valence electrons. The highest BCUT2D eigenvalue weighted by Gasteiger charge is 2.25. The van der Waals surface area contributed by atoms with E-state index in [1.807, 2.05) is 6.07 Å². The lowest BCUT2D eigenvalue weighted by Gasteiger charge is -2.34. The van der Waals surface area contributed by atoms with Crippen LogP contribution in [0.2, 0.25) is 0 Å². The van der Waals surface area contributed by atoms with Crippen molar-refractivity contribution in [3.63, 3.8) is 0 Å². The minimum Gasteiger partial charge on any atom is -0.399 e. The fourth-order valence-corrected chi connectivity index (χ4v) is 2.83. The molecule has 1 aliphatic rings. The van der Waals surface area contributed by atoms with E-state index >= 15 is 0 Å². The maximum absolute atomic E-state index is 5.88. The molecule has 3 N–H and O–H groups in total. The van der Waals surface area contributed by atoms with Crippen LogP contribution in [0.1, 0.15) is 43.9 Å². The van der Waals surface area contributed by atoms with Crippen LogP contribution >= 0.6 is 0 Å². The van der Waals surface area contributed by atoms with Crippen LogP contribution in [0, 0.1) is 12.8 Å². The Balaban J connectivity index is 2.25. The van der Waals surface area contributed by atoms with Crippen molar-refractivity contribution in [3.05, 3.63) is 29.3 Å². The number of aryl methyl sites for hydroxylation is 1. The van der Waals surface area contributed by atoms with Crippen molar-refractivity contribution in [1.82, 2.24) is 5.32 Å². The molecule has 3 unspecified atom stereocenters. The maximum Gasteiger partial charge on any atom is 0.0328 e. The highest BCUT2D eigenvalue weighted by atomic mass is 15.0. The average molecular weight is 218 g/mol. The molecule has 3 atom stereocenters. The van der Waals surface area contributed by atoms with Gasteiger partial charge in [0.15, 0.2) is 0 Å². The average Bonchev–Trinajstić information content (AvgIpc) is 2.20. The van der Waals surface area contributed by atoms with Crippen LogP contribution in [0.25, 0.3) is 0 Å². The van der Waals surface area contributed by atoms with Gasteiger partial charge in [-0.15, -0.1) is 0 Å². The van der Waals surface area contributed by atoms with Gasteiger partial charge in [0.1, 0.15) is 0 Å². The van der Waals surface area contributed by atoms with Crippen LogP contribution in [0.15, 0.2) is 18.2 Å². The Bertz CT molecular complexity index is 363. The van der Waals surface area contributed by atoms with Crippen molar-refractivity contribution in [2.24, 2.45) is 5.92 Å². The van der Waals surface area contributed by atoms with Gasteiger partial charge in [0.2, 0.25) is 0 Å². The second-order valence-electron chi connectivity index (χ2n) is 5.31. The van der Waals surface area contributed by atoms with E-state index in [1.54, 1.807) is 0 Å². The van der Waals surface area contributed by atoms with Crippen LogP contribution < -0.4 is 11.1 Å².